The van der Waals surface area contributed by atoms with Crippen LogP contribution in [0.15, 0.2) is 27.4 Å². The summed E-state index contributed by atoms with van der Waals surface area (Å²) >= 11 is 0. The molecule has 1 aromatic heterocycles. The van der Waals surface area contributed by atoms with E-state index in [0.717, 1.165) is 5.56 Å². The normalized spacial score (nSPS) is 12.1. The third-order valence-corrected chi connectivity index (χ3v) is 4.36. The molecule has 0 aliphatic heterocycles. The molecule has 0 atom stereocenters. The summed E-state index contributed by atoms with van der Waals surface area (Å²) in [6.45, 7) is 2.00. The fourth-order valence-electron chi connectivity index (χ4n) is 1.82. The quantitative estimate of drug-likeness (QED) is 0.886. The third-order valence-electron chi connectivity index (χ3n) is 2.83. The van der Waals surface area contributed by atoms with Gasteiger partial charge in [-0.3, -0.25) is 4.57 Å². The minimum absolute atomic E-state index is 0.107. The SMILES string of the molecule is CCCS(=O)(=O)NCc1ccc2c(c1)oc(=O)n2C. The van der Waals surface area contributed by atoms with Gasteiger partial charge in [-0.2, -0.15) is 0 Å². The predicted molar refractivity (Wildman–Crippen MR) is 72.4 cm³/mol. The van der Waals surface area contributed by atoms with Crippen LogP contribution in [-0.2, 0) is 23.6 Å². The van der Waals surface area contributed by atoms with E-state index in [0.29, 0.717) is 17.5 Å². The molecule has 0 saturated heterocycles. The molecule has 104 valence electrons. The molecule has 19 heavy (non-hydrogen) atoms. The van der Waals surface area contributed by atoms with E-state index in [9.17, 15) is 13.2 Å². The van der Waals surface area contributed by atoms with Crippen molar-refractivity contribution in [3.63, 3.8) is 0 Å². The van der Waals surface area contributed by atoms with Crippen LogP contribution in [0.1, 0.15) is 18.9 Å². The van der Waals surface area contributed by atoms with Crippen LogP contribution in [0.4, 0.5) is 0 Å². The minimum atomic E-state index is -3.23. The molecule has 0 unspecified atom stereocenters. The van der Waals surface area contributed by atoms with E-state index in [1.807, 2.05) is 6.92 Å². The zero-order valence-electron chi connectivity index (χ0n) is 10.8. The van der Waals surface area contributed by atoms with Gasteiger partial charge >= 0.3 is 5.76 Å². The van der Waals surface area contributed by atoms with E-state index in [4.69, 9.17) is 4.42 Å². The topological polar surface area (TPSA) is 81.3 Å². The second-order valence-electron chi connectivity index (χ2n) is 4.37. The van der Waals surface area contributed by atoms with E-state index in [1.54, 1.807) is 25.2 Å². The molecule has 1 aromatic carbocycles. The molecule has 6 nitrogen and oxygen atoms in total. The van der Waals surface area contributed by atoms with Gasteiger partial charge in [0.25, 0.3) is 0 Å². The molecule has 2 aromatic rings. The Morgan fingerprint density at radius 3 is 2.79 bits per heavy atom. The molecule has 0 bridgehead atoms. The third kappa shape index (κ3) is 3.05. The number of oxazole rings is 1. The van der Waals surface area contributed by atoms with Crippen LogP contribution >= 0.6 is 0 Å². The fraction of sp³-hybridized carbons (Fsp3) is 0.417. The van der Waals surface area contributed by atoms with Crippen molar-refractivity contribution in [1.29, 1.82) is 0 Å². The summed E-state index contributed by atoms with van der Waals surface area (Å²) in [5, 5.41) is 0. The number of aromatic nitrogens is 1. The average molecular weight is 284 g/mol. The fourth-order valence-corrected chi connectivity index (χ4v) is 2.89. The Morgan fingerprint density at radius 2 is 2.11 bits per heavy atom. The first kappa shape index (κ1) is 13.8. The van der Waals surface area contributed by atoms with Crippen LogP contribution in [-0.4, -0.2) is 18.7 Å². The number of hydrogen-bond donors (Lipinski definition) is 1. The second-order valence-corrected chi connectivity index (χ2v) is 6.30. The second kappa shape index (κ2) is 5.18. The van der Waals surface area contributed by atoms with Crippen LogP contribution in [0.5, 0.6) is 0 Å². The van der Waals surface area contributed by atoms with Gasteiger partial charge in [-0.05, 0) is 24.1 Å². The molecule has 1 heterocycles. The van der Waals surface area contributed by atoms with Crippen molar-refractivity contribution in [2.24, 2.45) is 7.05 Å². The van der Waals surface area contributed by atoms with Crippen LogP contribution < -0.4 is 10.5 Å². The van der Waals surface area contributed by atoms with Crippen molar-refractivity contribution in [1.82, 2.24) is 9.29 Å². The lowest BCUT2D eigenvalue weighted by atomic mass is 10.2. The number of nitrogens with one attached hydrogen (secondary N) is 1. The van der Waals surface area contributed by atoms with E-state index in [1.165, 1.54) is 4.57 Å². The van der Waals surface area contributed by atoms with Gasteiger partial charge in [-0.15, -0.1) is 0 Å². The van der Waals surface area contributed by atoms with Crippen molar-refractivity contribution in [2.75, 3.05) is 5.75 Å². The standard InChI is InChI=1S/C12H16N2O4S/c1-3-6-19(16,17)13-8-9-4-5-10-11(7-9)18-12(15)14(10)2/h4-5,7,13H,3,6,8H2,1-2H3. The first-order chi connectivity index (χ1) is 8.93. The number of hydrogen-bond acceptors (Lipinski definition) is 4. The Kier molecular flexibility index (Phi) is 3.77. The first-order valence-electron chi connectivity index (χ1n) is 5.99. The van der Waals surface area contributed by atoms with Crippen molar-refractivity contribution in [3.05, 3.63) is 34.3 Å². The monoisotopic (exact) mass is 284 g/mol. The van der Waals surface area contributed by atoms with E-state index in [2.05, 4.69) is 4.72 Å². The maximum absolute atomic E-state index is 11.5. The molecular weight excluding hydrogens is 268 g/mol. The van der Waals surface area contributed by atoms with E-state index >= 15 is 0 Å². The van der Waals surface area contributed by atoms with Crippen molar-refractivity contribution in [2.45, 2.75) is 19.9 Å². The molecule has 0 saturated carbocycles. The number of benzene rings is 1. The summed E-state index contributed by atoms with van der Waals surface area (Å²) in [6.07, 6.45) is 0.571. The van der Waals surface area contributed by atoms with Gasteiger partial charge in [-0.25, -0.2) is 17.9 Å². The Labute approximate surface area is 111 Å². The lowest BCUT2D eigenvalue weighted by Gasteiger charge is -2.05. The van der Waals surface area contributed by atoms with Gasteiger partial charge in [0.05, 0.1) is 11.3 Å². The molecule has 1 N–H and O–H groups in total. The van der Waals surface area contributed by atoms with Crippen LogP contribution in [0.2, 0.25) is 0 Å². The average Bonchev–Trinajstić information content (AvgIpc) is 2.62. The first-order valence-corrected chi connectivity index (χ1v) is 7.64. The van der Waals surface area contributed by atoms with Gasteiger partial charge in [-0.1, -0.05) is 13.0 Å². The summed E-state index contributed by atoms with van der Waals surface area (Å²) in [5.74, 6) is -0.325. The molecule has 7 heteroatoms. The van der Waals surface area contributed by atoms with Crippen molar-refractivity contribution >= 4 is 21.1 Å². The Hall–Kier alpha value is -1.60. The Morgan fingerprint density at radius 1 is 1.37 bits per heavy atom. The highest BCUT2D eigenvalue weighted by molar-refractivity contribution is 7.89. The van der Waals surface area contributed by atoms with E-state index in [-0.39, 0.29) is 12.3 Å². The number of sulfonamides is 1. The van der Waals surface area contributed by atoms with Crippen LogP contribution in [0.3, 0.4) is 0 Å². The van der Waals surface area contributed by atoms with E-state index < -0.39 is 15.8 Å². The van der Waals surface area contributed by atoms with Gasteiger partial charge in [0.15, 0.2) is 5.58 Å². The maximum atomic E-state index is 11.5. The Balaban J connectivity index is 2.21. The summed E-state index contributed by atoms with van der Waals surface area (Å²) < 4.78 is 32.0. The van der Waals surface area contributed by atoms with Crippen molar-refractivity contribution in [3.8, 4) is 0 Å². The summed E-state index contributed by atoms with van der Waals surface area (Å²) in [7, 11) is -1.61. The summed E-state index contributed by atoms with van der Waals surface area (Å²) in [6, 6.07) is 5.18. The number of fused-ring (bicyclic) bond motifs is 1. The van der Waals surface area contributed by atoms with Crippen LogP contribution in [0, 0.1) is 0 Å². The van der Waals surface area contributed by atoms with Gasteiger partial charge < -0.3 is 4.42 Å². The smallest absolute Gasteiger partial charge is 0.408 e. The zero-order chi connectivity index (χ0) is 14.0. The molecule has 0 aliphatic carbocycles. The zero-order valence-corrected chi connectivity index (χ0v) is 11.7. The molecule has 0 amide bonds. The number of aryl methyl sites for hydroxylation is 1. The van der Waals surface area contributed by atoms with Gasteiger partial charge in [0, 0.05) is 13.6 Å². The Bertz CT molecular complexity index is 743. The molecular formula is C12H16N2O4S. The highest BCUT2D eigenvalue weighted by atomic mass is 32.2. The molecule has 0 aliphatic rings. The highest BCUT2D eigenvalue weighted by Crippen LogP contribution is 2.14. The van der Waals surface area contributed by atoms with Crippen LogP contribution in [0.25, 0.3) is 11.1 Å². The minimum Gasteiger partial charge on any atom is -0.408 e. The van der Waals surface area contributed by atoms with Gasteiger partial charge in [0.1, 0.15) is 0 Å². The molecule has 0 radical (unpaired) electrons. The largest absolute Gasteiger partial charge is 0.419 e. The van der Waals surface area contributed by atoms with Gasteiger partial charge in [0.2, 0.25) is 10.0 Å². The number of nitrogens with zero attached hydrogens (tertiary/aromatic N) is 1. The highest BCUT2D eigenvalue weighted by Gasteiger charge is 2.10. The maximum Gasteiger partial charge on any atom is 0.419 e. The lowest BCUT2D eigenvalue weighted by Crippen LogP contribution is -2.25. The van der Waals surface area contributed by atoms with Crippen molar-refractivity contribution < 1.29 is 12.8 Å². The molecule has 0 fully saturated rings. The summed E-state index contributed by atoms with van der Waals surface area (Å²) in [4.78, 5) is 11.3. The molecule has 0 spiro atoms. The number of rotatable bonds is 5. The predicted octanol–water partition coefficient (Wildman–Crippen LogP) is 0.961. The molecule has 2 rings (SSSR count). The summed E-state index contributed by atoms with van der Waals surface area (Å²) in [5.41, 5.74) is 1.89. The lowest BCUT2D eigenvalue weighted by molar-refractivity contribution is 0.527.